The van der Waals surface area contributed by atoms with Gasteiger partial charge in [0.2, 0.25) is 0 Å². The molecule has 0 radical (unpaired) electrons. The van der Waals surface area contributed by atoms with Crippen molar-refractivity contribution in [3.63, 3.8) is 0 Å². The topological polar surface area (TPSA) is 73.6 Å². The molecule has 0 aliphatic heterocycles. The number of carbonyl (C=O) groups excluding carboxylic acids is 1. The van der Waals surface area contributed by atoms with Crippen LogP contribution in [0.15, 0.2) is 11.3 Å². The molecule has 0 aromatic rings. The first-order chi connectivity index (χ1) is 7.81. The molecular formula is C12H20N2O3. The first-order valence-corrected chi connectivity index (χ1v) is 5.44. The van der Waals surface area contributed by atoms with E-state index in [-0.39, 0.29) is 18.8 Å². The molecule has 96 valence electrons. The molecule has 5 nitrogen and oxygen atoms in total. The third-order valence-corrected chi connectivity index (χ3v) is 2.75. The second kappa shape index (κ2) is 6.26. The van der Waals surface area contributed by atoms with Gasteiger partial charge in [-0.15, -0.1) is 0 Å². The van der Waals surface area contributed by atoms with Crippen LogP contribution < -0.4 is 0 Å². The van der Waals surface area contributed by atoms with Crippen molar-refractivity contribution in [3.8, 4) is 6.07 Å². The Bertz CT molecular complexity index is 353. The Morgan fingerprint density at radius 1 is 1.53 bits per heavy atom. The molecule has 17 heavy (non-hydrogen) atoms. The molecule has 0 aromatic carbocycles. The standard InChI is InChI=1S/C12H20N2O3/c1-6-17-11(16)10(7-13)9(2)14(5)12(3,4)8-15/h15H,6,8H2,1-5H3/b10-9+. The Morgan fingerprint density at radius 3 is 2.41 bits per heavy atom. The van der Waals surface area contributed by atoms with Gasteiger partial charge in [0, 0.05) is 12.7 Å². The van der Waals surface area contributed by atoms with Crippen molar-refractivity contribution in [3.05, 3.63) is 11.3 Å². The number of nitrogens with zero attached hydrogens (tertiary/aromatic N) is 2. The number of carbonyl (C=O) groups is 1. The number of aliphatic hydroxyl groups is 1. The predicted molar refractivity (Wildman–Crippen MR) is 63.9 cm³/mol. The van der Waals surface area contributed by atoms with Crippen molar-refractivity contribution in [2.75, 3.05) is 20.3 Å². The van der Waals surface area contributed by atoms with Gasteiger partial charge in [0.05, 0.1) is 18.8 Å². The summed E-state index contributed by atoms with van der Waals surface area (Å²) in [5, 5.41) is 18.2. The zero-order chi connectivity index (χ0) is 13.6. The van der Waals surface area contributed by atoms with Crippen molar-refractivity contribution >= 4 is 5.97 Å². The minimum Gasteiger partial charge on any atom is -0.462 e. The number of hydrogen-bond acceptors (Lipinski definition) is 5. The molecule has 0 fully saturated rings. The smallest absolute Gasteiger partial charge is 0.350 e. The molecule has 0 unspecified atom stereocenters. The highest BCUT2D eigenvalue weighted by molar-refractivity contribution is 5.93. The highest BCUT2D eigenvalue weighted by atomic mass is 16.5. The van der Waals surface area contributed by atoms with Gasteiger partial charge < -0.3 is 14.7 Å². The van der Waals surface area contributed by atoms with Crippen molar-refractivity contribution in [1.29, 1.82) is 5.26 Å². The molecule has 0 rings (SSSR count). The summed E-state index contributed by atoms with van der Waals surface area (Å²) in [6, 6.07) is 1.85. The third kappa shape index (κ3) is 3.75. The van der Waals surface area contributed by atoms with Crippen LogP contribution in [0.5, 0.6) is 0 Å². The van der Waals surface area contributed by atoms with Gasteiger partial charge in [-0.2, -0.15) is 5.26 Å². The molecule has 0 saturated heterocycles. The Kier molecular flexibility index (Phi) is 5.69. The summed E-state index contributed by atoms with van der Waals surface area (Å²) in [5.41, 5.74) is -0.0838. The van der Waals surface area contributed by atoms with Crippen LogP contribution in [-0.4, -0.2) is 41.8 Å². The van der Waals surface area contributed by atoms with Crippen LogP contribution >= 0.6 is 0 Å². The van der Waals surface area contributed by atoms with Crippen LogP contribution in [-0.2, 0) is 9.53 Å². The maximum absolute atomic E-state index is 11.5. The molecule has 0 aliphatic carbocycles. The van der Waals surface area contributed by atoms with Crippen LogP contribution in [0.1, 0.15) is 27.7 Å². The maximum Gasteiger partial charge on any atom is 0.350 e. The second-order valence-electron chi connectivity index (χ2n) is 4.32. The van der Waals surface area contributed by atoms with Crippen molar-refractivity contribution in [2.45, 2.75) is 33.2 Å². The Labute approximate surface area is 102 Å². The highest BCUT2D eigenvalue weighted by Gasteiger charge is 2.26. The Balaban J connectivity index is 5.26. The van der Waals surface area contributed by atoms with Crippen LogP contribution in [0.2, 0.25) is 0 Å². The number of likely N-dealkylation sites (N-methyl/N-ethyl adjacent to an activating group) is 1. The van der Waals surface area contributed by atoms with Crippen LogP contribution in [0, 0.1) is 11.3 Å². The van der Waals surface area contributed by atoms with E-state index in [9.17, 15) is 9.90 Å². The first-order valence-electron chi connectivity index (χ1n) is 5.44. The lowest BCUT2D eigenvalue weighted by Crippen LogP contribution is -2.43. The van der Waals surface area contributed by atoms with E-state index in [4.69, 9.17) is 10.00 Å². The minimum absolute atomic E-state index is 0.0316. The first kappa shape index (κ1) is 15.5. The van der Waals surface area contributed by atoms with E-state index in [2.05, 4.69) is 0 Å². The molecule has 5 heteroatoms. The van der Waals surface area contributed by atoms with Gasteiger partial charge in [-0.25, -0.2) is 4.79 Å². The molecule has 0 aliphatic rings. The van der Waals surface area contributed by atoms with E-state index in [1.54, 1.807) is 25.8 Å². The zero-order valence-electron chi connectivity index (χ0n) is 11.1. The van der Waals surface area contributed by atoms with Gasteiger partial charge in [-0.1, -0.05) is 0 Å². The summed E-state index contributed by atoms with van der Waals surface area (Å²) in [6.45, 7) is 7.12. The fourth-order valence-corrected chi connectivity index (χ4v) is 1.21. The van der Waals surface area contributed by atoms with Crippen molar-refractivity contribution < 1.29 is 14.6 Å². The quantitative estimate of drug-likeness (QED) is 0.442. The third-order valence-electron chi connectivity index (χ3n) is 2.75. The van der Waals surface area contributed by atoms with Crippen molar-refractivity contribution in [1.82, 2.24) is 4.90 Å². The number of nitriles is 1. The summed E-state index contributed by atoms with van der Waals surface area (Å²) < 4.78 is 4.80. The Morgan fingerprint density at radius 2 is 2.06 bits per heavy atom. The van der Waals surface area contributed by atoms with E-state index < -0.39 is 11.5 Å². The fourth-order valence-electron chi connectivity index (χ4n) is 1.21. The minimum atomic E-state index is -0.631. The van der Waals surface area contributed by atoms with Gasteiger partial charge in [0.25, 0.3) is 0 Å². The van der Waals surface area contributed by atoms with Gasteiger partial charge in [-0.3, -0.25) is 0 Å². The lowest BCUT2D eigenvalue weighted by molar-refractivity contribution is -0.138. The lowest BCUT2D eigenvalue weighted by atomic mass is 10.0. The predicted octanol–water partition coefficient (Wildman–Crippen LogP) is 1.05. The lowest BCUT2D eigenvalue weighted by Gasteiger charge is -2.36. The summed E-state index contributed by atoms with van der Waals surface area (Å²) >= 11 is 0. The molecule has 0 bridgehead atoms. The molecule has 0 amide bonds. The number of hydrogen-bond donors (Lipinski definition) is 1. The number of esters is 1. The van der Waals surface area contributed by atoms with E-state index >= 15 is 0 Å². The molecule has 0 heterocycles. The van der Waals surface area contributed by atoms with Crippen molar-refractivity contribution in [2.24, 2.45) is 0 Å². The van der Waals surface area contributed by atoms with E-state index in [0.717, 1.165) is 0 Å². The molecule has 0 saturated carbocycles. The van der Waals surface area contributed by atoms with Gasteiger partial charge in [0.1, 0.15) is 6.07 Å². The Hall–Kier alpha value is -1.54. The van der Waals surface area contributed by atoms with E-state index in [1.165, 1.54) is 0 Å². The van der Waals surface area contributed by atoms with E-state index in [1.807, 2.05) is 19.9 Å². The van der Waals surface area contributed by atoms with Crippen LogP contribution in [0.25, 0.3) is 0 Å². The highest BCUT2D eigenvalue weighted by Crippen LogP contribution is 2.20. The average Bonchev–Trinajstić information content (AvgIpc) is 2.29. The van der Waals surface area contributed by atoms with Gasteiger partial charge in [0.15, 0.2) is 5.57 Å². The van der Waals surface area contributed by atoms with E-state index in [0.29, 0.717) is 5.70 Å². The SMILES string of the molecule is CCOC(=O)/C(C#N)=C(\C)N(C)C(C)(C)CO. The maximum atomic E-state index is 11.5. The normalized spacial score (nSPS) is 12.5. The number of allylic oxidation sites excluding steroid dienone is 1. The molecule has 0 spiro atoms. The summed E-state index contributed by atoms with van der Waals surface area (Å²) in [5.74, 6) is -0.631. The average molecular weight is 240 g/mol. The van der Waals surface area contributed by atoms with Gasteiger partial charge in [-0.05, 0) is 27.7 Å². The second-order valence-corrected chi connectivity index (χ2v) is 4.32. The monoisotopic (exact) mass is 240 g/mol. The van der Waals surface area contributed by atoms with Crippen LogP contribution in [0.3, 0.4) is 0 Å². The van der Waals surface area contributed by atoms with Crippen LogP contribution in [0.4, 0.5) is 0 Å². The molecule has 0 atom stereocenters. The molecule has 0 aromatic heterocycles. The fraction of sp³-hybridized carbons (Fsp3) is 0.667. The number of ether oxygens (including phenoxy) is 1. The summed E-state index contributed by atoms with van der Waals surface area (Å²) in [7, 11) is 1.72. The number of rotatable bonds is 5. The molecule has 1 N–H and O–H groups in total. The van der Waals surface area contributed by atoms with Gasteiger partial charge >= 0.3 is 5.97 Å². The number of aliphatic hydroxyl groups excluding tert-OH is 1. The molecular weight excluding hydrogens is 220 g/mol. The summed E-state index contributed by atoms with van der Waals surface area (Å²) in [4.78, 5) is 13.2. The summed E-state index contributed by atoms with van der Waals surface area (Å²) in [6.07, 6.45) is 0. The zero-order valence-corrected chi connectivity index (χ0v) is 11.1. The largest absolute Gasteiger partial charge is 0.462 e.